The smallest absolute Gasteiger partial charge is 0.407 e. The van der Waals surface area contributed by atoms with E-state index in [0.717, 1.165) is 11.1 Å². The van der Waals surface area contributed by atoms with Crippen molar-refractivity contribution < 1.29 is 32.9 Å². The Balaban J connectivity index is 1.65. The van der Waals surface area contributed by atoms with Gasteiger partial charge in [0.1, 0.15) is 24.6 Å². The van der Waals surface area contributed by atoms with Crippen molar-refractivity contribution >= 4 is 24.7 Å². The highest BCUT2D eigenvalue weighted by atomic mass is 31.2. The highest BCUT2D eigenvalue weighted by molar-refractivity contribution is 7.67. The Bertz CT molecular complexity index is 1260. The summed E-state index contributed by atoms with van der Waals surface area (Å²) in [4.78, 5) is 24.6. The number of hydrogen-bond acceptors (Lipinski definition) is 7. The van der Waals surface area contributed by atoms with Gasteiger partial charge in [-0.05, 0) is 63.1 Å². The number of amides is 1. The molecular formula is C31H38NO7P. The van der Waals surface area contributed by atoms with E-state index in [9.17, 15) is 14.2 Å². The molecule has 1 amide bonds. The number of ether oxygens (including phenoxy) is 3. The van der Waals surface area contributed by atoms with Crippen LogP contribution in [0.4, 0.5) is 4.79 Å². The molecule has 0 fully saturated rings. The number of carbonyl (C=O) groups is 2. The van der Waals surface area contributed by atoms with Crippen molar-refractivity contribution in [2.75, 3.05) is 12.8 Å². The van der Waals surface area contributed by atoms with Gasteiger partial charge in [0.2, 0.25) is 7.37 Å². The van der Waals surface area contributed by atoms with Crippen LogP contribution in [-0.4, -0.2) is 36.5 Å². The van der Waals surface area contributed by atoms with Gasteiger partial charge in [0.15, 0.2) is 0 Å². The largest absolute Gasteiger partial charge is 0.489 e. The van der Waals surface area contributed by atoms with E-state index in [1.54, 1.807) is 52.0 Å². The first-order valence-corrected chi connectivity index (χ1v) is 15.0. The van der Waals surface area contributed by atoms with Gasteiger partial charge in [0, 0.05) is 11.5 Å². The standard InChI is InChI=1S/C31H38NO7P/c1-24(32-30(34)39-31(2,3)4)21-38-40(35,20-19-29(33)37-23-26-13-9-6-10-14-26)28-17-15-27(16-18-28)36-22-25-11-7-5-8-12-25/h5-18,24H,19-23H2,1-4H3,(H,32,34). The molecule has 0 aromatic heterocycles. The van der Waals surface area contributed by atoms with E-state index in [-0.39, 0.29) is 25.8 Å². The van der Waals surface area contributed by atoms with Crippen LogP contribution < -0.4 is 15.4 Å². The minimum atomic E-state index is -3.50. The Morgan fingerprint density at radius 2 is 1.43 bits per heavy atom. The summed E-state index contributed by atoms with van der Waals surface area (Å²) in [6.07, 6.45) is -0.739. The molecule has 3 rings (SSSR count). The van der Waals surface area contributed by atoms with Crippen LogP contribution in [0.3, 0.4) is 0 Å². The van der Waals surface area contributed by atoms with Gasteiger partial charge < -0.3 is 24.1 Å². The molecule has 0 aliphatic rings. The molecule has 3 aromatic rings. The third kappa shape index (κ3) is 10.9. The third-order valence-corrected chi connectivity index (χ3v) is 8.09. The normalized spacial score (nSPS) is 13.5. The molecule has 40 heavy (non-hydrogen) atoms. The second-order valence-electron chi connectivity index (χ2n) is 10.4. The van der Waals surface area contributed by atoms with Crippen LogP contribution >= 0.6 is 7.37 Å². The summed E-state index contributed by atoms with van der Waals surface area (Å²) in [5, 5.41) is 3.13. The van der Waals surface area contributed by atoms with Crippen molar-refractivity contribution in [3.63, 3.8) is 0 Å². The van der Waals surface area contributed by atoms with Crippen molar-refractivity contribution in [3.05, 3.63) is 96.1 Å². The molecule has 2 unspecified atom stereocenters. The van der Waals surface area contributed by atoms with E-state index in [1.165, 1.54) is 0 Å². The van der Waals surface area contributed by atoms with E-state index in [2.05, 4.69) is 5.32 Å². The number of nitrogens with one attached hydrogen (secondary N) is 1. The van der Waals surface area contributed by atoms with Crippen molar-refractivity contribution in [1.29, 1.82) is 0 Å². The molecular weight excluding hydrogens is 529 g/mol. The van der Waals surface area contributed by atoms with Crippen molar-refractivity contribution in [1.82, 2.24) is 5.32 Å². The van der Waals surface area contributed by atoms with Gasteiger partial charge in [0.05, 0.1) is 19.1 Å². The maximum absolute atomic E-state index is 14.1. The molecule has 8 nitrogen and oxygen atoms in total. The Morgan fingerprint density at radius 1 is 0.850 bits per heavy atom. The van der Waals surface area contributed by atoms with Gasteiger partial charge in [0.25, 0.3) is 0 Å². The molecule has 1 N–H and O–H groups in total. The lowest BCUT2D eigenvalue weighted by molar-refractivity contribution is -0.144. The molecule has 0 bridgehead atoms. The van der Waals surface area contributed by atoms with Crippen LogP contribution in [0.1, 0.15) is 45.2 Å². The van der Waals surface area contributed by atoms with Gasteiger partial charge >= 0.3 is 12.1 Å². The molecule has 0 aliphatic heterocycles. The summed E-state index contributed by atoms with van der Waals surface area (Å²) in [5.74, 6) is 0.136. The first kappa shape index (κ1) is 30.9. The van der Waals surface area contributed by atoms with Gasteiger partial charge in [-0.3, -0.25) is 9.36 Å². The maximum atomic E-state index is 14.1. The lowest BCUT2D eigenvalue weighted by Crippen LogP contribution is -2.39. The predicted octanol–water partition coefficient (Wildman–Crippen LogP) is 6.23. The van der Waals surface area contributed by atoms with Gasteiger partial charge in [-0.15, -0.1) is 0 Å². The number of hydrogen-bond donors (Lipinski definition) is 1. The van der Waals surface area contributed by atoms with E-state index in [4.69, 9.17) is 18.7 Å². The molecule has 3 aromatic carbocycles. The second kappa shape index (κ2) is 14.7. The maximum Gasteiger partial charge on any atom is 0.407 e. The zero-order valence-electron chi connectivity index (χ0n) is 23.5. The first-order valence-electron chi connectivity index (χ1n) is 13.2. The molecule has 214 valence electrons. The summed E-state index contributed by atoms with van der Waals surface area (Å²) < 4.78 is 36.5. The zero-order chi connectivity index (χ0) is 29.0. The quantitative estimate of drug-likeness (QED) is 0.193. The van der Waals surface area contributed by atoms with E-state index in [0.29, 0.717) is 17.7 Å². The molecule has 2 atom stereocenters. The highest BCUT2D eigenvalue weighted by Crippen LogP contribution is 2.46. The predicted molar refractivity (Wildman–Crippen MR) is 155 cm³/mol. The Kier molecular flexibility index (Phi) is 11.4. The summed E-state index contributed by atoms with van der Waals surface area (Å²) in [6, 6.07) is 25.4. The second-order valence-corrected chi connectivity index (χ2v) is 13.0. The van der Waals surface area contributed by atoms with Crippen molar-refractivity contribution in [3.8, 4) is 5.75 Å². The summed E-state index contributed by atoms with van der Waals surface area (Å²) in [7, 11) is -3.50. The van der Waals surface area contributed by atoms with Crippen LogP contribution in [-0.2, 0) is 36.6 Å². The monoisotopic (exact) mass is 567 g/mol. The number of alkyl carbamates (subject to hydrolysis) is 1. The topological polar surface area (TPSA) is 100 Å². The fraction of sp³-hybridized carbons (Fsp3) is 0.355. The van der Waals surface area contributed by atoms with Crippen LogP contribution in [0.2, 0.25) is 0 Å². The zero-order valence-corrected chi connectivity index (χ0v) is 24.4. The molecule has 0 saturated carbocycles. The number of rotatable bonds is 13. The van der Waals surface area contributed by atoms with Gasteiger partial charge in [-0.1, -0.05) is 60.7 Å². The van der Waals surface area contributed by atoms with Crippen molar-refractivity contribution in [2.24, 2.45) is 0 Å². The van der Waals surface area contributed by atoms with E-state index < -0.39 is 31.1 Å². The Hall–Kier alpha value is -3.61. The molecule has 9 heteroatoms. The minimum Gasteiger partial charge on any atom is -0.489 e. The number of carbonyl (C=O) groups excluding carboxylic acids is 2. The Morgan fingerprint density at radius 3 is 2.00 bits per heavy atom. The summed E-state index contributed by atoms with van der Waals surface area (Å²) in [5.41, 5.74) is 1.24. The minimum absolute atomic E-state index is 0.0398. The SMILES string of the molecule is CC(COP(=O)(CCC(=O)OCc1ccccc1)c1ccc(OCc2ccccc2)cc1)NC(=O)OC(C)(C)C. The van der Waals surface area contributed by atoms with Crippen molar-refractivity contribution in [2.45, 2.75) is 59.0 Å². The fourth-order valence-electron chi connectivity index (χ4n) is 3.61. The van der Waals surface area contributed by atoms with E-state index >= 15 is 0 Å². The average Bonchev–Trinajstić information content (AvgIpc) is 2.93. The highest BCUT2D eigenvalue weighted by Gasteiger charge is 2.29. The lowest BCUT2D eigenvalue weighted by atomic mass is 10.2. The van der Waals surface area contributed by atoms with Gasteiger partial charge in [-0.25, -0.2) is 4.79 Å². The van der Waals surface area contributed by atoms with Crippen LogP contribution in [0.15, 0.2) is 84.9 Å². The lowest BCUT2D eigenvalue weighted by Gasteiger charge is -2.24. The Labute approximate surface area is 236 Å². The fourth-order valence-corrected chi connectivity index (χ4v) is 5.69. The third-order valence-electron chi connectivity index (χ3n) is 5.63. The summed E-state index contributed by atoms with van der Waals surface area (Å²) >= 11 is 0. The molecule has 0 spiro atoms. The first-order chi connectivity index (χ1) is 19.0. The number of esters is 1. The van der Waals surface area contributed by atoms with Crippen LogP contribution in [0.25, 0.3) is 0 Å². The van der Waals surface area contributed by atoms with E-state index in [1.807, 2.05) is 60.7 Å². The molecule has 0 aliphatic carbocycles. The van der Waals surface area contributed by atoms with Gasteiger partial charge in [-0.2, -0.15) is 0 Å². The molecule has 0 heterocycles. The number of benzene rings is 3. The molecule has 0 saturated heterocycles. The van der Waals surface area contributed by atoms with Crippen LogP contribution in [0, 0.1) is 0 Å². The molecule has 0 radical (unpaired) electrons. The van der Waals surface area contributed by atoms with Crippen LogP contribution in [0.5, 0.6) is 5.75 Å². The average molecular weight is 568 g/mol. The summed E-state index contributed by atoms with van der Waals surface area (Å²) in [6.45, 7) is 7.53.